The van der Waals surface area contributed by atoms with Crippen molar-refractivity contribution in [3.8, 4) is 5.75 Å². The third-order valence-electron chi connectivity index (χ3n) is 3.02. The number of aromatic hydroxyl groups is 1. The number of hydrogen-bond acceptors (Lipinski definition) is 2. The molecule has 104 valence electrons. The minimum atomic E-state index is -0.971. The summed E-state index contributed by atoms with van der Waals surface area (Å²) in [4.78, 5) is 11.4. The minimum Gasteiger partial charge on any atom is -0.507 e. The van der Waals surface area contributed by atoms with Crippen LogP contribution in [-0.2, 0) is 11.2 Å². The largest absolute Gasteiger partial charge is 0.507 e. The molecule has 0 fully saturated rings. The second-order valence-electron chi connectivity index (χ2n) is 4.43. The van der Waals surface area contributed by atoms with Gasteiger partial charge in [-0.2, -0.15) is 0 Å². The molecule has 2 aromatic rings. The second-order valence-corrected chi connectivity index (χ2v) is 5.29. The van der Waals surface area contributed by atoms with Crippen molar-refractivity contribution in [2.75, 3.05) is 0 Å². The first kappa shape index (κ1) is 14.5. The van der Waals surface area contributed by atoms with Crippen molar-refractivity contribution in [2.24, 2.45) is 0 Å². The molecule has 0 bridgehead atoms. The topological polar surface area (TPSA) is 57.5 Å². The minimum absolute atomic E-state index is 0.0995. The highest BCUT2D eigenvalue weighted by Crippen LogP contribution is 2.28. The first-order chi connectivity index (χ1) is 9.47. The van der Waals surface area contributed by atoms with Crippen LogP contribution in [0.25, 0.3) is 0 Å². The Kier molecular flexibility index (Phi) is 4.39. The molecular formula is C15H12BrFO3. The molecule has 0 aliphatic heterocycles. The Morgan fingerprint density at radius 3 is 2.40 bits per heavy atom. The van der Waals surface area contributed by atoms with Gasteiger partial charge in [0.05, 0.1) is 10.4 Å². The summed E-state index contributed by atoms with van der Waals surface area (Å²) >= 11 is 3.19. The SMILES string of the molecule is O=C(O)C(Cc1ccc(O)c(Br)c1)c1ccc(F)cc1. The number of phenols is 1. The van der Waals surface area contributed by atoms with Gasteiger partial charge < -0.3 is 10.2 Å². The van der Waals surface area contributed by atoms with Crippen LogP contribution >= 0.6 is 15.9 Å². The van der Waals surface area contributed by atoms with Crippen LogP contribution in [0.4, 0.5) is 4.39 Å². The van der Waals surface area contributed by atoms with Crippen LogP contribution < -0.4 is 0 Å². The molecule has 2 N–H and O–H groups in total. The number of halogens is 2. The van der Waals surface area contributed by atoms with E-state index in [0.29, 0.717) is 10.0 Å². The second kappa shape index (κ2) is 6.05. The molecule has 1 unspecified atom stereocenters. The van der Waals surface area contributed by atoms with Gasteiger partial charge in [0.2, 0.25) is 0 Å². The molecule has 2 rings (SSSR count). The van der Waals surface area contributed by atoms with E-state index < -0.39 is 17.7 Å². The average Bonchev–Trinajstić information content (AvgIpc) is 2.41. The third-order valence-corrected chi connectivity index (χ3v) is 3.66. The van der Waals surface area contributed by atoms with E-state index in [1.807, 2.05) is 0 Å². The van der Waals surface area contributed by atoms with E-state index in [-0.39, 0.29) is 12.2 Å². The van der Waals surface area contributed by atoms with Gasteiger partial charge in [-0.3, -0.25) is 4.79 Å². The quantitative estimate of drug-likeness (QED) is 0.893. The summed E-state index contributed by atoms with van der Waals surface area (Å²) < 4.78 is 13.4. The summed E-state index contributed by atoms with van der Waals surface area (Å²) in [7, 11) is 0. The molecule has 0 heterocycles. The predicted molar refractivity (Wildman–Crippen MR) is 76.3 cm³/mol. The number of hydrogen-bond donors (Lipinski definition) is 2. The maximum Gasteiger partial charge on any atom is 0.311 e. The van der Waals surface area contributed by atoms with Gasteiger partial charge in [-0.05, 0) is 57.7 Å². The van der Waals surface area contributed by atoms with Gasteiger partial charge in [0.25, 0.3) is 0 Å². The summed E-state index contributed by atoms with van der Waals surface area (Å²) in [5, 5.41) is 18.8. The fourth-order valence-corrected chi connectivity index (χ4v) is 2.38. The first-order valence-corrected chi connectivity index (χ1v) is 6.72. The van der Waals surface area contributed by atoms with Gasteiger partial charge in [-0.25, -0.2) is 4.39 Å². The summed E-state index contributed by atoms with van der Waals surface area (Å²) in [5.41, 5.74) is 1.31. The van der Waals surface area contributed by atoms with E-state index in [2.05, 4.69) is 15.9 Å². The molecule has 5 heteroatoms. The Hall–Kier alpha value is -1.88. The summed E-state index contributed by atoms with van der Waals surface area (Å²) in [5.74, 6) is -2.03. The number of carbonyl (C=O) groups is 1. The van der Waals surface area contributed by atoms with Crippen molar-refractivity contribution in [1.29, 1.82) is 0 Å². The van der Waals surface area contributed by atoms with E-state index >= 15 is 0 Å². The predicted octanol–water partition coefficient (Wildman–Crippen LogP) is 3.70. The van der Waals surface area contributed by atoms with E-state index in [1.165, 1.54) is 30.3 Å². The maximum atomic E-state index is 12.9. The van der Waals surface area contributed by atoms with E-state index in [4.69, 9.17) is 0 Å². The number of phenolic OH excluding ortho intramolecular Hbond substituents is 1. The van der Waals surface area contributed by atoms with E-state index in [9.17, 15) is 19.4 Å². The number of carboxylic acids is 1. The summed E-state index contributed by atoms with van der Waals surface area (Å²) in [6.45, 7) is 0. The van der Waals surface area contributed by atoms with Crippen molar-refractivity contribution in [2.45, 2.75) is 12.3 Å². The summed E-state index contributed by atoms with van der Waals surface area (Å²) in [6, 6.07) is 10.3. The first-order valence-electron chi connectivity index (χ1n) is 5.93. The number of benzene rings is 2. The Morgan fingerprint density at radius 1 is 1.20 bits per heavy atom. The Balaban J connectivity index is 2.27. The van der Waals surface area contributed by atoms with Crippen LogP contribution in [0, 0.1) is 5.82 Å². The van der Waals surface area contributed by atoms with Crippen molar-refractivity contribution < 1.29 is 19.4 Å². The van der Waals surface area contributed by atoms with Crippen LogP contribution in [-0.4, -0.2) is 16.2 Å². The number of rotatable bonds is 4. The molecule has 0 saturated carbocycles. The molecule has 2 aromatic carbocycles. The van der Waals surface area contributed by atoms with Crippen molar-refractivity contribution in [3.63, 3.8) is 0 Å². The normalized spacial score (nSPS) is 12.1. The average molecular weight is 339 g/mol. The van der Waals surface area contributed by atoms with Crippen molar-refractivity contribution in [1.82, 2.24) is 0 Å². The van der Waals surface area contributed by atoms with Crippen molar-refractivity contribution in [3.05, 3.63) is 63.9 Å². The fraction of sp³-hybridized carbons (Fsp3) is 0.133. The standard InChI is InChI=1S/C15H12BrFO3/c16-13-8-9(1-6-14(13)18)7-12(15(19)20)10-2-4-11(17)5-3-10/h1-6,8,12,18H,7H2,(H,19,20). The third kappa shape index (κ3) is 3.36. The highest BCUT2D eigenvalue weighted by atomic mass is 79.9. The lowest BCUT2D eigenvalue weighted by molar-refractivity contribution is -0.138. The Bertz CT molecular complexity index is 626. The molecule has 20 heavy (non-hydrogen) atoms. The van der Waals surface area contributed by atoms with Crippen LogP contribution in [0.1, 0.15) is 17.0 Å². The van der Waals surface area contributed by atoms with Crippen LogP contribution in [0.2, 0.25) is 0 Å². The maximum absolute atomic E-state index is 12.9. The van der Waals surface area contributed by atoms with Crippen LogP contribution in [0.15, 0.2) is 46.9 Å². The zero-order valence-corrected chi connectivity index (χ0v) is 12.0. The van der Waals surface area contributed by atoms with Gasteiger partial charge in [0, 0.05) is 0 Å². The van der Waals surface area contributed by atoms with Crippen LogP contribution in [0.5, 0.6) is 5.75 Å². The number of aliphatic carboxylic acids is 1. The van der Waals surface area contributed by atoms with Gasteiger partial charge in [0.15, 0.2) is 0 Å². The lowest BCUT2D eigenvalue weighted by Crippen LogP contribution is -2.14. The zero-order valence-electron chi connectivity index (χ0n) is 10.4. The van der Waals surface area contributed by atoms with E-state index in [1.54, 1.807) is 12.1 Å². The Labute approximate surface area is 123 Å². The molecular weight excluding hydrogens is 327 g/mol. The van der Waals surface area contributed by atoms with Gasteiger partial charge in [0.1, 0.15) is 11.6 Å². The summed E-state index contributed by atoms with van der Waals surface area (Å²) in [6.07, 6.45) is 0.264. The van der Waals surface area contributed by atoms with Gasteiger partial charge in [-0.1, -0.05) is 18.2 Å². The van der Waals surface area contributed by atoms with Crippen molar-refractivity contribution >= 4 is 21.9 Å². The van der Waals surface area contributed by atoms with E-state index in [0.717, 1.165) is 5.56 Å². The molecule has 0 radical (unpaired) electrons. The van der Waals surface area contributed by atoms with Gasteiger partial charge in [-0.15, -0.1) is 0 Å². The zero-order chi connectivity index (χ0) is 14.7. The molecule has 1 atom stereocenters. The monoisotopic (exact) mass is 338 g/mol. The number of carboxylic acid groups (broad SMARTS) is 1. The molecule has 0 saturated heterocycles. The molecule has 0 aliphatic rings. The van der Waals surface area contributed by atoms with Crippen LogP contribution in [0.3, 0.4) is 0 Å². The smallest absolute Gasteiger partial charge is 0.311 e. The lowest BCUT2D eigenvalue weighted by atomic mass is 9.92. The fourth-order valence-electron chi connectivity index (χ4n) is 1.96. The molecule has 0 spiro atoms. The lowest BCUT2D eigenvalue weighted by Gasteiger charge is -2.13. The molecule has 0 amide bonds. The Morgan fingerprint density at radius 2 is 1.85 bits per heavy atom. The molecule has 0 aliphatic carbocycles. The highest BCUT2D eigenvalue weighted by Gasteiger charge is 2.20. The molecule has 0 aromatic heterocycles. The highest BCUT2D eigenvalue weighted by molar-refractivity contribution is 9.10. The molecule has 3 nitrogen and oxygen atoms in total. The van der Waals surface area contributed by atoms with Gasteiger partial charge >= 0.3 is 5.97 Å².